The van der Waals surface area contributed by atoms with Gasteiger partial charge < -0.3 is 0 Å². The van der Waals surface area contributed by atoms with E-state index < -0.39 is 0 Å². The van der Waals surface area contributed by atoms with Gasteiger partial charge in [-0.05, 0) is 0 Å². The molecule has 0 aliphatic carbocycles. The molecule has 0 aromatic carbocycles. The molecule has 0 saturated heterocycles. The summed E-state index contributed by atoms with van der Waals surface area (Å²) < 4.78 is 4.78. The predicted octanol–water partition coefficient (Wildman–Crippen LogP) is 0.920. The summed E-state index contributed by atoms with van der Waals surface area (Å²) in [6.45, 7) is 2.26. The van der Waals surface area contributed by atoms with Gasteiger partial charge in [0.1, 0.15) is 0 Å². The van der Waals surface area contributed by atoms with Crippen LogP contribution in [0.5, 0.6) is 0 Å². The van der Waals surface area contributed by atoms with Crippen molar-refractivity contribution >= 4 is 20.5 Å². The van der Waals surface area contributed by atoms with E-state index in [0.717, 1.165) is 0 Å². The summed E-state index contributed by atoms with van der Waals surface area (Å²) in [6, 6.07) is 1.82. The zero-order chi connectivity index (χ0) is 7.40. The Balaban J connectivity index is 2.59. The van der Waals surface area contributed by atoms with Gasteiger partial charge in [0.15, 0.2) is 0 Å². The van der Waals surface area contributed by atoms with Crippen molar-refractivity contribution in [3.05, 3.63) is 21.5 Å². The van der Waals surface area contributed by atoms with Crippen LogP contribution in [0, 0.1) is 0 Å². The number of carbonyl (C=O) groups is 1. The molecule has 0 saturated carbocycles. The number of ether oxygens (including phenoxy) is 1. The van der Waals surface area contributed by atoms with Gasteiger partial charge in [-0.3, -0.25) is 0 Å². The average Bonchev–Trinajstić information content (AvgIpc) is 2.38. The van der Waals surface area contributed by atoms with Gasteiger partial charge in [0.2, 0.25) is 0 Å². The maximum atomic E-state index is 10.9. The topological polar surface area (TPSA) is 26.3 Å². The van der Waals surface area contributed by atoms with Crippen molar-refractivity contribution in [2.24, 2.45) is 0 Å². The van der Waals surface area contributed by atoms with Crippen LogP contribution in [-0.4, -0.2) is 27.1 Å². The van der Waals surface area contributed by atoms with Gasteiger partial charge in [0.05, 0.1) is 0 Å². The molecule has 1 rings (SSSR count). The van der Waals surface area contributed by atoms with Crippen molar-refractivity contribution in [3.8, 4) is 0 Å². The molecule has 0 bridgehead atoms. The molecule has 0 aliphatic heterocycles. The molecular weight excluding hydrogens is 195 g/mol. The molecule has 0 spiro atoms. The van der Waals surface area contributed by atoms with Crippen LogP contribution in [0.25, 0.3) is 0 Å². The third-order valence-corrected chi connectivity index (χ3v) is 2.47. The van der Waals surface area contributed by atoms with Gasteiger partial charge in [0.25, 0.3) is 0 Å². The zero-order valence-corrected chi connectivity index (χ0v) is 7.38. The van der Waals surface area contributed by atoms with Gasteiger partial charge in [0, 0.05) is 0 Å². The second-order valence-corrected chi connectivity index (χ2v) is 3.37. The van der Waals surface area contributed by atoms with E-state index in [9.17, 15) is 4.79 Å². The Kier molecular flexibility index (Phi) is 2.72. The van der Waals surface area contributed by atoms with E-state index in [1.165, 1.54) is 0 Å². The van der Waals surface area contributed by atoms with Crippen LogP contribution in [0.1, 0.15) is 17.3 Å². The van der Waals surface area contributed by atoms with Crippen molar-refractivity contribution in [1.82, 2.24) is 0 Å². The summed E-state index contributed by atoms with van der Waals surface area (Å²) in [5, 5.41) is 0. The number of rotatable bonds is 2. The molecule has 3 heteroatoms. The second-order valence-electron chi connectivity index (χ2n) is 1.73. The van der Waals surface area contributed by atoms with E-state index in [4.69, 9.17) is 4.74 Å². The van der Waals surface area contributed by atoms with Crippen molar-refractivity contribution in [3.63, 3.8) is 0 Å². The Labute approximate surface area is 65.6 Å². The first-order valence-electron chi connectivity index (χ1n) is 3.04. The summed E-state index contributed by atoms with van der Waals surface area (Å²) >= 11 is 0.377. The SMILES string of the molecule is CCOC(=O)c1cc[se]c1. The molecule has 1 aromatic rings. The molecule has 0 radical (unpaired) electrons. The minimum absolute atomic E-state index is 0.196. The molecule has 0 unspecified atom stereocenters. The Bertz CT molecular complexity index is 203. The Morgan fingerprint density at radius 3 is 3.10 bits per heavy atom. The van der Waals surface area contributed by atoms with E-state index in [0.29, 0.717) is 26.7 Å². The minimum atomic E-state index is -0.196. The van der Waals surface area contributed by atoms with E-state index in [1.54, 1.807) is 0 Å². The molecule has 0 fully saturated rings. The van der Waals surface area contributed by atoms with Crippen LogP contribution in [0.3, 0.4) is 0 Å². The van der Waals surface area contributed by atoms with E-state index in [2.05, 4.69) is 0 Å². The van der Waals surface area contributed by atoms with Crippen molar-refractivity contribution < 1.29 is 9.53 Å². The van der Waals surface area contributed by atoms with Gasteiger partial charge >= 0.3 is 65.0 Å². The van der Waals surface area contributed by atoms with Crippen LogP contribution in [-0.2, 0) is 4.74 Å². The number of hydrogen-bond acceptors (Lipinski definition) is 2. The fraction of sp³-hybridized carbons (Fsp3) is 0.286. The van der Waals surface area contributed by atoms with E-state index >= 15 is 0 Å². The molecule has 0 aliphatic rings. The molecule has 0 amide bonds. The predicted molar refractivity (Wildman–Crippen MR) is 39.3 cm³/mol. The van der Waals surface area contributed by atoms with Crippen LogP contribution in [0.2, 0.25) is 0 Å². The fourth-order valence-corrected chi connectivity index (χ4v) is 1.91. The van der Waals surface area contributed by atoms with Crippen molar-refractivity contribution in [2.45, 2.75) is 6.92 Å². The maximum absolute atomic E-state index is 10.9. The van der Waals surface area contributed by atoms with Gasteiger partial charge in [-0.2, -0.15) is 0 Å². The van der Waals surface area contributed by atoms with Crippen molar-refractivity contribution in [1.29, 1.82) is 0 Å². The molecule has 2 nitrogen and oxygen atoms in total. The molecule has 0 atom stereocenters. The summed E-state index contributed by atoms with van der Waals surface area (Å²) in [7, 11) is 0. The number of carbonyl (C=O) groups excluding carboxylic acids is 1. The monoisotopic (exact) mass is 204 g/mol. The normalized spacial score (nSPS) is 9.30. The number of esters is 1. The summed E-state index contributed by atoms with van der Waals surface area (Å²) in [6.07, 6.45) is 0. The van der Waals surface area contributed by atoms with Gasteiger partial charge in [-0.25, -0.2) is 0 Å². The van der Waals surface area contributed by atoms with Crippen molar-refractivity contribution in [2.75, 3.05) is 6.61 Å². The first-order chi connectivity index (χ1) is 4.84. The first-order valence-corrected chi connectivity index (χ1v) is 5.01. The molecule has 0 N–H and O–H groups in total. The molecule has 1 heterocycles. The summed E-state index contributed by atoms with van der Waals surface area (Å²) in [4.78, 5) is 14.8. The summed E-state index contributed by atoms with van der Waals surface area (Å²) in [5.74, 6) is -0.196. The molecule has 54 valence electrons. The Morgan fingerprint density at radius 2 is 2.60 bits per heavy atom. The van der Waals surface area contributed by atoms with E-state index in [1.807, 2.05) is 22.9 Å². The second kappa shape index (κ2) is 3.59. The fourth-order valence-electron chi connectivity index (χ4n) is 0.595. The number of hydrogen-bond donors (Lipinski definition) is 0. The first kappa shape index (κ1) is 7.58. The third-order valence-electron chi connectivity index (χ3n) is 1.03. The van der Waals surface area contributed by atoms with Crippen LogP contribution in [0.4, 0.5) is 0 Å². The van der Waals surface area contributed by atoms with Crippen LogP contribution >= 0.6 is 0 Å². The third kappa shape index (κ3) is 1.72. The average molecular weight is 203 g/mol. The molecule has 10 heavy (non-hydrogen) atoms. The van der Waals surface area contributed by atoms with Crippen LogP contribution < -0.4 is 0 Å². The quantitative estimate of drug-likeness (QED) is 0.527. The molecule has 1 aromatic heterocycles. The Morgan fingerprint density at radius 1 is 1.80 bits per heavy atom. The standard InChI is InChI=1S/C7H8O2Se/c1-2-9-7(8)6-3-4-10-5-6/h3-5H,2H2,1H3. The zero-order valence-electron chi connectivity index (χ0n) is 5.66. The Hall–Kier alpha value is -0.531. The summed E-state index contributed by atoms with van der Waals surface area (Å²) in [5.41, 5.74) is 0.710. The molecular formula is C7H8O2Se. The van der Waals surface area contributed by atoms with Gasteiger partial charge in [-0.15, -0.1) is 0 Å². The van der Waals surface area contributed by atoms with E-state index in [-0.39, 0.29) is 5.97 Å². The van der Waals surface area contributed by atoms with Gasteiger partial charge in [-0.1, -0.05) is 0 Å². The van der Waals surface area contributed by atoms with Crippen LogP contribution in [0.15, 0.2) is 15.9 Å².